The van der Waals surface area contributed by atoms with Gasteiger partial charge in [0.15, 0.2) is 12.3 Å². The first-order valence-corrected chi connectivity index (χ1v) is 17.1. The van der Waals surface area contributed by atoms with E-state index in [-0.39, 0.29) is 30.5 Å². The summed E-state index contributed by atoms with van der Waals surface area (Å²) >= 11 is 0. The lowest BCUT2D eigenvalue weighted by Crippen LogP contribution is -2.40. The minimum Gasteiger partial charge on any atom is -0.463 e. The highest BCUT2D eigenvalue weighted by molar-refractivity contribution is 5.90. The van der Waals surface area contributed by atoms with Crippen LogP contribution in [0, 0.1) is 11.8 Å². The molecule has 13 nitrogen and oxygen atoms in total. The van der Waals surface area contributed by atoms with Crippen LogP contribution in [0.15, 0.2) is 84.7 Å². The average Bonchev–Trinajstić information content (AvgIpc) is 3.58. The zero-order chi connectivity index (χ0) is 36.8. The summed E-state index contributed by atoms with van der Waals surface area (Å²) in [6.07, 6.45) is 9.91. The van der Waals surface area contributed by atoms with Gasteiger partial charge in [0.05, 0.1) is 11.7 Å². The molecule has 51 heavy (non-hydrogen) atoms. The molecule has 0 amide bonds. The largest absolute Gasteiger partial charge is 0.463 e. The third-order valence-electron chi connectivity index (χ3n) is 9.13. The monoisotopic (exact) mass is 706 g/mol. The minimum absolute atomic E-state index is 0.0343. The molecule has 0 aromatic heterocycles. The van der Waals surface area contributed by atoms with Crippen LogP contribution >= 0.6 is 0 Å². The molecule has 1 aromatic carbocycles. The molecule has 5 rings (SSSR count). The third-order valence-corrected chi connectivity index (χ3v) is 9.13. The first kappa shape index (κ1) is 37.4. The zero-order valence-corrected chi connectivity index (χ0v) is 29.8. The number of carbonyl (C=O) groups is 4. The minimum atomic E-state index is -0.670. The predicted molar refractivity (Wildman–Crippen MR) is 183 cm³/mol. The number of hydrogen-bond donors (Lipinski definition) is 0. The van der Waals surface area contributed by atoms with Crippen LogP contribution in [0.2, 0.25) is 0 Å². The molecule has 0 spiro atoms. The molecule has 2 saturated heterocycles. The number of rotatable bonds is 12. The maximum Gasteiger partial charge on any atom is 0.341 e. The second-order valence-electron chi connectivity index (χ2n) is 13.0. The van der Waals surface area contributed by atoms with Crippen LogP contribution in [-0.2, 0) is 42.9 Å². The Morgan fingerprint density at radius 2 is 1.29 bits per heavy atom. The lowest BCUT2D eigenvalue weighted by atomic mass is 9.98. The van der Waals surface area contributed by atoms with Gasteiger partial charge in [-0.05, 0) is 37.1 Å². The summed E-state index contributed by atoms with van der Waals surface area (Å²) in [5.74, 6) is -0.850. The summed E-state index contributed by atoms with van der Waals surface area (Å²) in [6, 6.07) is 6.63. The second kappa shape index (κ2) is 16.4. The second-order valence-corrected chi connectivity index (χ2v) is 13.0. The molecule has 1 aromatic rings. The summed E-state index contributed by atoms with van der Waals surface area (Å²) in [4.78, 5) is 51.8. The fourth-order valence-electron chi connectivity index (χ4n) is 6.60. The van der Waals surface area contributed by atoms with Crippen LogP contribution in [0.5, 0.6) is 11.5 Å². The van der Waals surface area contributed by atoms with Gasteiger partial charge in [0.1, 0.15) is 42.3 Å². The van der Waals surface area contributed by atoms with E-state index in [4.69, 9.17) is 33.2 Å². The molecule has 0 radical (unpaired) electrons. The van der Waals surface area contributed by atoms with Crippen LogP contribution < -0.4 is 9.47 Å². The van der Waals surface area contributed by atoms with Gasteiger partial charge < -0.3 is 43.0 Å². The number of carbonyl (C=O) groups excluding carboxylic acids is 4. The predicted octanol–water partition coefficient (Wildman–Crippen LogP) is 5.25. The number of ether oxygens (including phenoxy) is 7. The lowest BCUT2D eigenvalue weighted by molar-refractivity contribution is -0.156. The lowest BCUT2D eigenvalue weighted by Gasteiger charge is -2.31. The van der Waals surface area contributed by atoms with Crippen LogP contribution in [0.3, 0.4) is 0 Å². The maximum atomic E-state index is 13.2. The molecule has 4 aliphatic rings. The van der Waals surface area contributed by atoms with E-state index in [1.165, 1.54) is 20.8 Å². The van der Waals surface area contributed by atoms with E-state index in [0.29, 0.717) is 35.7 Å². The van der Waals surface area contributed by atoms with Crippen molar-refractivity contribution >= 4 is 23.9 Å². The van der Waals surface area contributed by atoms with E-state index in [0.717, 1.165) is 12.0 Å². The molecule has 0 N–H and O–H groups in total. The van der Waals surface area contributed by atoms with Gasteiger partial charge in [0.25, 0.3) is 0 Å². The van der Waals surface area contributed by atoms with Crippen molar-refractivity contribution in [2.75, 3.05) is 6.61 Å². The van der Waals surface area contributed by atoms with Crippen molar-refractivity contribution in [2.24, 2.45) is 11.8 Å². The first-order chi connectivity index (χ1) is 24.3. The first-order valence-electron chi connectivity index (χ1n) is 17.1. The van der Waals surface area contributed by atoms with Crippen LogP contribution in [0.1, 0.15) is 60.8 Å². The molecule has 2 fully saturated rings. The summed E-state index contributed by atoms with van der Waals surface area (Å²) in [7, 11) is 0. The Labute approximate surface area is 298 Å². The van der Waals surface area contributed by atoms with Gasteiger partial charge in [0.2, 0.25) is 0 Å². The van der Waals surface area contributed by atoms with E-state index in [1.807, 2.05) is 50.2 Å². The van der Waals surface area contributed by atoms with E-state index < -0.39 is 48.7 Å². The number of allylic oxidation sites excluding steroid dienone is 3. The van der Waals surface area contributed by atoms with E-state index >= 15 is 0 Å². The summed E-state index contributed by atoms with van der Waals surface area (Å²) < 4.78 is 40.4. The molecule has 274 valence electrons. The zero-order valence-electron chi connectivity index (χ0n) is 29.8. The van der Waals surface area contributed by atoms with Crippen molar-refractivity contribution in [3.63, 3.8) is 0 Å². The standard InChI is InChI=1S/C38H46N2O11/c1-8-32-22(2)35(48-27(7)43)37(50-32)40-18-9-11-28(19-40)24(4)46-30-13-15-31(16-14-30)49-38(44)29-12-10-17-39(20-29)36-23(3)34(47-26(6)42)33(51-36)21-45-25(5)41/h9-10,13-20,22-23,32-37H,4,8,11-12,21H2,1-3,5-7H3/t22-,23-,32-,33-,34+,35-,36-,37-/m1/s1. The van der Waals surface area contributed by atoms with Gasteiger partial charge in [-0.15, -0.1) is 0 Å². The Hall–Kier alpha value is -4.88. The molecule has 0 unspecified atom stereocenters. The molecular weight excluding hydrogens is 660 g/mol. The van der Waals surface area contributed by atoms with Crippen LogP contribution in [0.4, 0.5) is 0 Å². The van der Waals surface area contributed by atoms with Gasteiger partial charge in [-0.3, -0.25) is 14.4 Å². The Kier molecular flexibility index (Phi) is 12.0. The topological polar surface area (TPSA) is 139 Å². The van der Waals surface area contributed by atoms with Crippen molar-refractivity contribution in [1.82, 2.24) is 9.80 Å². The van der Waals surface area contributed by atoms with E-state index in [9.17, 15) is 19.2 Å². The van der Waals surface area contributed by atoms with Gasteiger partial charge >= 0.3 is 23.9 Å². The Morgan fingerprint density at radius 1 is 0.745 bits per heavy atom. The Bertz CT molecular complexity index is 1610. The fourth-order valence-corrected chi connectivity index (χ4v) is 6.60. The van der Waals surface area contributed by atoms with E-state index in [2.05, 4.69) is 6.58 Å². The molecular formula is C38H46N2O11. The molecule has 0 saturated carbocycles. The van der Waals surface area contributed by atoms with Crippen molar-refractivity contribution in [3.8, 4) is 11.5 Å². The van der Waals surface area contributed by atoms with Crippen LogP contribution in [0.25, 0.3) is 0 Å². The SMILES string of the molecule is C=C(Oc1ccc(OC(=O)C2=CN([C@@H]3O[C@H](COC(C)=O)[C@@H](OC(C)=O)[C@H]3C)C=CC2)cc1)C1=CN([C@@H]2O[C@H](CC)[C@@H](C)[C@H]2OC(C)=O)C=CC1. The Balaban J connectivity index is 1.19. The number of esters is 4. The van der Waals surface area contributed by atoms with Gasteiger partial charge in [-0.1, -0.05) is 39.5 Å². The third kappa shape index (κ3) is 9.08. The average molecular weight is 707 g/mol. The molecule has 13 heteroatoms. The van der Waals surface area contributed by atoms with Crippen molar-refractivity contribution in [2.45, 2.75) is 97.7 Å². The number of hydrogen-bond acceptors (Lipinski definition) is 13. The van der Waals surface area contributed by atoms with Gasteiger partial charge in [-0.25, -0.2) is 4.79 Å². The molecule has 8 atom stereocenters. The quantitative estimate of drug-likeness (QED) is 0.121. The van der Waals surface area contributed by atoms with E-state index in [1.54, 1.807) is 41.6 Å². The summed E-state index contributed by atoms with van der Waals surface area (Å²) in [6.45, 7) is 14.0. The number of benzene rings is 1. The maximum absolute atomic E-state index is 13.2. The van der Waals surface area contributed by atoms with Crippen LogP contribution in [-0.4, -0.2) is 77.2 Å². The highest BCUT2D eigenvalue weighted by atomic mass is 16.6. The molecule has 0 aliphatic carbocycles. The molecule has 0 bridgehead atoms. The van der Waals surface area contributed by atoms with Gasteiger partial charge in [0, 0.05) is 69.4 Å². The smallest absolute Gasteiger partial charge is 0.341 e. The fraction of sp³-hybridized carbons (Fsp3) is 0.474. The molecule has 4 heterocycles. The molecule has 4 aliphatic heterocycles. The highest BCUT2D eigenvalue weighted by Crippen LogP contribution is 2.36. The summed E-state index contributed by atoms with van der Waals surface area (Å²) in [5, 5.41) is 0. The van der Waals surface area contributed by atoms with Crippen molar-refractivity contribution in [1.29, 1.82) is 0 Å². The highest BCUT2D eigenvalue weighted by Gasteiger charge is 2.47. The number of nitrogens with zero attached hydrogens (tertiary/aromatic N) is 2. The van der Waals surface area contributed by atoms with Crippen molar-refractivity contribution in [3.05, 3.63) is 84.7 Å². The Morgan fingerprint density at radius 3 is 1.90 bits per heavy atom. The normalized spacial score (nSPS) is 28.4. The van der Waals surface area contributed by atoms with Gasteiger partial charge in [-0.2, -0.15) is 0 Å². The van der Waals surface area contributed by atoms with Crippen molar-refractivity contribution < 1.29 is 52.3 Å². The summed E-state index contributed by atoms with van der Waals surface area (Å²) in [5.41, 5.74) is 1.21.